The number of fused-ring (bicyclic) bond motifs is 2. The predicted molar refractivity (Wildman–Crippen MR) is 117 cm³/mol. The molecule has 5 rings (SSSR count). The zero-order valence-electron chi connectivity index (χ0n) is 17.7. The van der Waals surface area contributed by atoms with Gasteiger partial charge in [0.25, 0.3) is 5.56 Å². The van der Waals surface area contributed by atoms with Crippen molar-refractivity contribution < 1.29 is 23.4 Å². The minimum Gasteiger partial charge on any atom is -0.460 e. The molecule has 0 radical (unpaired) electrons. The lowest BCUT2D eigenvalue weighted by Crippen LogP contribution is -2.24. The molecule has 33 heavy (non-hydrogen) atoms. The molecule has 0 spiro atoms. The van der Waals surface area contributed by atoms with E-state index in [9.17, 15) is 14.0 Å². The summed E-state index contributed by atoms with van der Waals surface area (Å²) in [7, 11) is 1.46. The Labute approximate surface area is 187 Å². The number of hydrogen-bond acceptors (Lipinski definition) is 6. The summed E-state index contributed by atoms with van der Waals surface area (Å²) < 4.78 is 32.5. The van der Waals surface area contributed by atoms with Crippen LogP contribution >= 0.6 is 0 Å². The van der Waals surface area contributed by atoms with Gasteiger partial charge in [-0.3, -0.25) is 4.79 Å². The van der Waals surface area contributed by atoms with Crippen LogP contribution in [-0.2, 0) is 29.7 Å². The van der Waals surface area contributed by atoms with Crippen LogP contribution in [0.5, 0.6) is 5.75 Å². The van der Waals surface area contributed by atoms with Crippen molar-refractivity contribution in [2.45, 2.75) is 19.5 Å². The molecule has 0 saturated carbocycles. The molecule has 0 saturated heterocycles. The van der Waals surface area contributed by atoms with E-state index in [1.807, 2.05) is 30.3 Å². The van der Waals surface area contributed by atoms with E-state index in [4.69, 9.17) is 14.2 Å². The Balaban J connectivity index is 1.43. The highest BCUT2D eigenvalue weighted by atomic mass is 19.1. The maximum atomic E-state index is 14.2. The average molecular weight is 446 g/mol. The number of aromatic nitrogens is 2. The lowest BCUT2D eigenvalue weighted by Gasteiger charge is -2.28. The molecule has 1 aromatic heterocycles. The predicted octanol–water partition coefficient (Wildman–Crippen LogP) is 4.04. The fourth-order valence-corrected chi connectivity index (χ4v) is 3.82. The molecule has 0 N–H and O–H groups in total. The third-order valence-electron chi connectivity index (χ3n) is 5.40. The number of carbonyl (C=O) groups is 1. The van der Waals surface area contributed by atoms with E-state index >= 15 is 0 Å². The number of halogens is 1. The third-order valence-corrected chi connectivity index (χ3v) is 5.40. The van der Waals surface area contributed by atoms with Gasteiger partial charge in [0.1, 0.15) is 18.2 Å². The molecule has 0 aliphatic carbocycles. The fourth-order valence-electron chi connectivity index (χ4n) is 3.82. The van der Waals surface area contributed by atoms with E-state index in [1.54, 1.807) is 24.3 Å². The molecule has 3 aromatic carbocycles. The Kier molecular flexibility index (Phi) is 5.35. The molecular weight excluding hydrogens is 427 g/mol. The Hall–Kier alpha value is -4.04. The monoisotopic (exact) mass is 446 g/mol. The number of benzene rings is 3. The Morgan fingerprint density at radius 3 is 2.64 bits per heavy atom. The third kappa shape index (κ3) is 3.96. The van der Waals surface area contributed by atoms with E-state index in [1.165, 1.54) is 19.2 Å². The van der Waals surface area contributed by atoms with Gasteiger partial charge in [-0.1, -0.05) is 48.5 Å². The van der Waals surface area contributed by atoms with Gasteiger partial charge >= 0.3 is 5.97 Å². The first-order valence-electron chi connectivity index (χ1n) is 10.3. The van der Waals surface area contributed by atoms with Crippen LogP contribution in [0.25, 0.3) is 10.8 Å². The summed E-state index contributed by atoms with van der Waals surface area (Å²) in [6, 6.07) is 18.6. The van der Waals surface area contributed by atoms with Gasteiger partial charge < -0.3 is 14.2 Å². The highest BCUT2D eigenvalue weighted by Gasteiger charge is 2.26. The second kappa shape index (κ2) is 8.48. The van der Waals surface area contributed by atoms with Crippen LogP contribution in [0, 0.1) is 5.82 Å². The molecular formula is C25H19FN2O5. The van der Waals surface area contributed by atoms with Gasteiger partial charge in [-0.15, -0.1) is 0 Å². The smallest absolute Gasteiger partial charge is 0.359 e. The first-order chi connectivity index (χ1) is 16.0. The average Bonchev–Trinajstić information content (AvgIpc) is 2.84. The van der Waals surface area contributed by atoms with Crippen LogP contribution in [0.1, 0.15) is 33.5 Å². The van der Waals surface area contributed by atoms with Crippen molar-refractivity contribution in [3.63, 3.8) is 0 Å². The summed E-state index contributed by atoms with van der Waals surface area (Å²) in [6.07, 6.45) is -0.659. The number of hydrogen-bond donors (Lipinski definition) is 0. The Bertz CT molecular complexity index is 1420. The summed E-state index contributed by atoms with van der Waals surface area (Å²) in [5, 5.41) is 4.82. The first-order valence-corrected chi connectivity index (χ1v) is 10.3. The van der Waals surface area contributed by atoms with Crippen molar-refractivity contribution in [1.82, 2.24) is 9.78 Å². The highest BCUT2D eigenvalue weighted by molar-refractivity contribution is 6.02. The summed E-state index contributed by atoms with van der Waals surface area (Å²) in [5.41, 5.74) is 1.40. The van der Waals surface area contributed by atoms with Gasteiger partial charge in [0.15, 0.2) is 5.69 Å². The van der Waals surface area contributed by atoms with Crippen molar-refractivity contribution in [3.8, 4) is 5.75 Å². The van der Waals surface area contributed by atoms with Gasteiger partial charge in [0.05, 0.1) is 12.0 Å². The summed E-state index contributed by atoms with van der Waals surface area (Å²) in [5.74, 6) is -0.801. The highest BCUT2D eigenvalue weighted by Crippen LogP contribution is 2.37. The fraction of sp³-hybridized carbons (Fsp3) is 0.160. The molecule has 7 nitrogen and oxygen atoms in total. The molecule has 1 aliphatic heterocycles. The molecule has 4 aromatic rings. The van der Waals surface area contributed by atoms with Crippen LogP contribution in [0.3, 0.4) is 0 Å². The van der Waals surface area contributed by atoms with E-state index in [0.29, 0.717) is 27.6 Å². The Morgan fingerprint density at radius 1 is 1.12 bits per heavy atom. The van der Waals surface area contributed by atoms with Crippen LogP contribution in [0.15, 0.2) is 71.5 Å². The molecule has 1 aliphatic rings. The summed E-state index contributed by atoms with van der Waals surface area (Å²) in [6.45, 7) is -0.0835. The first kappa shape index (κ1) is 20.8. The van der Waals surface area contributed by atoms with Crippen molar-refractivity contribution >= 4 is 16.7 Å². The maximum absolute atomic E-state index is 14.2. The number of aryl methyl sites for hydroxylation is 1. The van der Waals surface area contributed by atoms with Crippen LogP contribution in [0.4, 0.5) is 4.39 Å². The zero-order chi connectivity index (χ0) is 22.9. The quantitative estimate of drug-likeness (QED) is 0.441. The molecule has 0 fully saturated rings. The van der Waals surface area contributed by atoms with Crippen LogP contribution in [0.2, 0.25) is 0 Å². The van der Waals surface area contributed by atoms with Crippen LogP contribution in [-0.4, -0.2) is 15.7 Å². The molecule has 0 bridgehead atoms. The molecule has 1 atom stereocenters. The van der Waals surface area contributed by atoms with E-state index in [-0.39, 0.29) is 24.5 Å². The van der Waals surface area contributed by atoms with E-state index in [2.05, 4.69) is 5.10 Å². The topological polar surface area (TPSA) is 79.7 Å². The van der Waals surface area contributed by atoms with E-state index in [0.717, 1.165) is 10.2 Å². The number of nitrogens with zero attached hydrogens (tertiary/aromatic N) is 2. The number of ether oxygens (including phenoxy) is 3. The van der Waals surface area contributed by atoms with Crippen molar-refractivity contribution in [1.29, 1.82) is 0 Å². The van der Waals surface area contributed by atoms with Gasteiger partial charge in [-0.05, 0) is 18.2 Å². The number of esters is 1. The summed E-state index contributed by atoms with van der Waals surface area (Å²) in [4.78, 5) is 25.2. The standard InChI is InChI=1S/C25H19FN2O5/c1-28-23(29)20-10-6-5-9-19(20)21(27-28)24(30)31-13-16-11-18(26)12-17-14-32-25(33-22(16)17)15-7-3-2-4-8-15/h2-12,25H,13-14H2,1H3. The van der Waals surface area contributed by atoms with Gasteiger partial charge in [-0.2, -0.15) is 5.10 Å². The largest absolute Gasteiger partial charge is 0.460 e. The second-order valence-electron chi connectivity index (χ2n) is 7.62. The van der Waals surface area contributed by atoms with Gasteiger partial charge in [0, 0.05) is 29.1 Å². The van der Waals surface area contributed by atoms with Gasteiger partial charge in [-0.25, -0.2) is 13.9 Å². The lowest BCUT2D eigenvalue weighted by atomic mass is 10.1. The molecule has 8 heteroatoms. The van der Waals surface area contributed by atoms with Crippen LogP contribution < -0.4 is 10.3 Å². The van der Waals surface area contributed by atoms with Crippen molar-refractivity contribution in [2.75, 3.05) is 0 Å². The molecule has 1 unspecified atom stereocenters. The minimum absolute atomic E-state index is 0.00406. The maximum Gasteiger partial charge on any atom is 0.359 e. The zero-order valence-corrected chi connectivity index (χ0v) is 17.7. The van der Waals surface area contributed by atoms with Crippen molar-refractivity contribution in [2.24, 2.45) is 7.05 Å². The van der Waals surface area contributed by atoms with E-state index < -0.39 is 18.1 Å². The second-order valence-corrected chi connectivity index (χ2v) is 7.62. The molecule has 2 heterocycles. The SMILES string of the molecule is Cn1nc(C(=O)OCc2cc(F)cc3c2OC(c2ccccc2)OC3)c2ccccc2c1=O. The molecule has 166 valence electrons. The summed E-state index contributed by atoms with van der Waals surface area (Å²) >= 11 is 0. The normalized spacial score (nSPS) is 15.0. The minimum atomic E-state index is -0.730. The number of carbonyl (C=O) groups excluding carboxylic acids is 1. The van der Waals surface area contributed by atoms with Crippen molar-refractivity contribution in [3.05, 3.63) is 105 Å². The number of rotatable bonds is 4. The lowest BCUT2D eigenvalue weighted by molar-refractivity contribution is -0.112. The Morgan fingerprint density at radius 2 is 1.85 bits per heavy atom. The molecule has 0 amide bonds. The van der Waals surface area contributed by atoms with Gasteiger partial charge in [0.2, 0.25) is 6.29 Å².